The summed E-state index contributed by atoms with van der Waals surface area (Å²) in [7, 11) is 0. The van der Waals surface area contributed by atoms with Crippen molar-refractivity contribution in [2.75, 3.05) is 19.8 Å². The number of fused-ring (bicyclic) bond motifs is 1. The summed E-state index contributed by atoms with van der Waals surface area (Å²) < 4.78 is 37.2. The SMILES string of the molecule is CCOc1ccc(C(=O)Oc2ccc(C=NNC(=O)c3[nH]c4c(F)cccc4c3-c3ccccc3Cl)cc2OCC)cc1OCC. The number of benzene rings is 4. The number of nitrogens with one attached hydrogen (secondary N) is 2. The molecule has 4 aromatic carbocycles. The highest BCUT2D eigenvalue weighted by Gasteiger charge is 2.22. The van der Waals surface area contributed by atoms with E-state index in [9.17, 15) is 14.0 Å². The lowest BCUT2D eigenvalue weighted by Gasteiger charge is -2.13. The lowest BCUT2D eigenvalue weighted by atomic mass is 10.0. The minimum Gasteiger partial charge on any atom is -0.490 e. The third-order valence-corrected chi connectivity index (χ3v) is 7.11. The number of ether oxygens (including phenoxy) is 4. The first kappa shape index (κ1) is 32.1. The molecule has 1 amide bonds. The molecule has 0 saturated heterocycles. The van der Waals surface area contributed by atoms with E-state index >= 15 is 0 Å². The van der Waals surface area contributed by atoms with E-state index in [1.807, 2.05) is 13.8 Å². The van der Waals surface area contributed by atoms with Crippen molar-refractivity contribution in [2.45, 2.75) is 20.8 Å². The first-order valence-electron chi connectivity index (χ1n) is 14.6. The van der Waals surface area contributed by atoms with E-state index in [0.717, 1.165) is 0 Å². The van der Waals surface area contributed by atoms with E-state index in [-0.39, 0.29) is 22.5 Å². The van der Waals surface area contributed by atoms with Crippen LogP contribution in [0.3, 0.4) is 0 Å². The van der Waals surface area contributed by atoms with Crippen molar-refractivity contribution in [1.82, 2.24) is 10.4 Å². The molecule has 0 aliphatic rings. The van der Waals surface area contributed by atoms with Gasteiger partial charge in [-0.05, 0) is 74.9 Å². The quantitative estimate of drug-likeness (QED) is 0.0621. The molecule has 0 radical (unpaired) electrons. The summed E-state index contributed by atoms with van der Waals surface area (Å²) >= 11 is 6.45. The summed E-state index contributed by atoms with van der Waals surface area (Å²) in [5.74, 6) is -0.243. The maximum Gasteiger partial charge on any atom is 0.343 e. The fraction of sp³-hybridized carbons (Fsp3) is 0.171. The second-order valence-electron chi connectivity index (χ2n) is 9.77. The Morgan fingerprint density at radius 2 is 1.54 bits per heavy atom. The molecule has 9 nitrogen and oxygen atoms in total. The zero-order valence-corrected chi connectivity index (χ0v) is 26.1. The van der Waals surface area contributed by atoms with Gasteiger partial charge in [-0.25, -0.2) is 14.6 Å². The molecule has 0 spiro atoms. The van der Waals surface area contributed by atoms with Gasteiger partial charge in [-0.2, -0.15) is 5.10 Å². The predicted molar refractivity (Wildman–Crippen MR) is 175 cm³/mol. The molecule has 0 aliphatic carbocycles. The summed E-state index contributed by atoms with van der Waals surface area (Å²) in [6, 6.07) is 21.3. The van der Waals surface area contributed by atoms with E-state index in [0.29, 0.717) is 64.2 Å². The predicted octanol–water partition coefficient (Wildman–Crippen LogP) is 7.81. The number of para-hydroxylation sites is 1. The highest BCUT2D eigenvalue weighted by molar-refractivity contribution is 6.34. The summed E-state index contributed by atoms with van der Waals surface area (Å²) in [4.78, 5) is 29.2. The van der Waals surface area contributed by atoms with Crippen LogP contribution < -0.4 is 24.4 Å². The standard InChI is InChI=1S/C35H31ClFN3O6/c1-4-43-27-17-15-22(19-30(27)45-6-3)35(42)46-28-16-14-21(18-29(28)44-5-2)20-38-40-34(41)33-31(23-10-7-8-12-25(23)36)24-11-9-13-26(37)32(24)39-33/h7-20,39H,4-6H2,1-3H3,(H,40,41). The lowest BCUT2D eigenvalue weighted by molar-refractivity contribution is 0.0727. The Morgan fingerprint density at radius 1 is 0.848 bits per heavy atom. The molecule has 0 atom stereocenters. The van der Waals surface area contributed by atoms with Gasteiger partial charge >= 0.3 is 5.97 Å². The highest BCUT2D eigenvalue weighted by atomic mass is 35.5. The molecule has 11 heteroatoms. The molecule has 236 valence electrons. The molecule has 0 bridgehead atoms. The van der Waals surface area contributed by atoms with Crippen molar-refractivity contribution in [1.29, 1.82) is 0 Å². The summed E-state index contributed by atoms with van der Waals surface area (Å²) in [6.45, 7) is 6.66. The molecular weight excluding hydrogens is 613 g/mol. The molecular formula is C35H31ClFN3O6. The monoisotopic (exact) mass is 643 g/mol. The Morgan fingerprint density at radius 3 is 2.28 bits per heavy atom. The van der Waals surface area contributed by atoms with Gasteiger partial charge in [0.25, 0.3) is 5.91 Å². The number of halogens is 2. The molecule has 0 aliphatic heterocycles. The normalized spacial score (nSPS) is 11.1. The molecule has 46 heavy (non-hydrogen) atoms. The van der Waals surface area contributed by atoms with Crippen molar-refractivity contribution in [3.8, 4) is 34.1 Å². The van der Waals surface area contributed by atoms with Gasteiger partial charge in [0, 0.05) is 21.5 Å². The van der Waals surface area contributed by atoms with Crippen molar-refractivity contribution >= 4 is 40.6 Å². The van der Waals surface area contributed by atoms with E-state index in [1.54, 1.807) is 79.7 Å². The van der Waals surface area contributed by atoms with Crippen LogP contribution in [0.1, 0.15) is 47.2 Å². The number of hydrazone groups is 1. The number of hydrogen-bond donors (Lipinski definition) is 2. The Bertz CT molecular complexity index is 1920. The van der Waals surface area contributed by atoms with Crippen LogP contribution in [-0.2, 0) is 0 Å². The van der Waals surface area contributed by atoms with Gasteiger partial charge in [0.2, 0.25) is 0 Å². The maximum atomic E-state index is 14.7. The summed E-state index contributed by atoms with van der Waals surface area (Å²) in [6.07, 6.45) is 1.41. The number of carbonyl (C=O) groups excluding carboxylic acids is 2. The zero-order valence-electron chi connectivity index (χ0n) is 25.4. The Hall–Kier alpha value is -5.35. The fourth-order valence-electron chi connectivity index (χ4n) is 4.81. The van der Waals surface area contributed by atoms with Gasteiger partial charge in [0.05, 0.1) is 37.1 Å². The first-order chi connectivity index (χ1) is 22.3. The van der Waals surface area contributed by atoms with Gasteiger partial charge in [-0.15, -0.1) is 0 Å². The number of esters is 1. The van der Waals surface area contributed by atoms with Crippen molar-refractivity contribution in [3.05, 3.63) is 107 Å². The fourth-order valence-corrected chi connectivity index (χ4v) is 5.04. The van der Waals surface area contributed by atoms with Crippen molar-refractivity contribution in [3.63, 3.8) is 0 Å². The topological polar surface area (TPSA) is 111 Å². The first-order valence-corrected chi connectivity index (χ1v) is 15.0. The maximum absolute atomic E-state index is 14.7. The number of rotatable bonds is 12. The van der Waals surface area contributed by atoms with Crippen LogP contribution in [0.25, 0.3) is 22.0 Å². The minimum absolute atomic E-state index is 0.101. The van der Waals surface area contributed by atoms with Crippen LogP contribution in [0.5, 0.6) is 23.0 Å². The number of aromatic amines is 1. The number of nitrogens with zero attached hydrogens (tertiary/aromatic N) is 1. The second kappa shape index (κ2) is 14.6. The van der Waals surface area contributed by atoms with E-state index in [1.165, 1.54) is 12.3 Å². The van der Waals surface area contributed by atoms with Crippen LogP contribution in [-0.4, -0.2) is 42.9 Å². The van der Waals surface area contributed by atoms with E-state index in [2.05, 4.69) is 15.5 Å². The lowest BCUT2D eigenvalue weighted by Crippen LogP contribution is -2.19. The molecule has 5 aromatic rings. The number of H-pyrrole nitrogens is 1. The Labute approximate surface area is 269 Å². The number of amides is 1. The van der Waals surface area contributed by atoms with Crippen LogP contribution in [0, 0.1) is 5.82 Å². The van der Waals surface area contributed by atoms with Gasteiger partial charge in [0.1, 0.15) is 11.5 Å². The summed E-state index contributed by atoms with van der Waals surface area (Å²) in [5, 5.41) is 5.01. The number of carbonyl (C=O) groups is 2. The minimum atomic E-state index is -0.609. The Balaban J connectivity index is 1.35. The van der Waals surface area contributed by atoms with Crippen LogP contribution in [0.4, 0.5) is 4.39 Å². The average Bonchev–Trinajstić information content (AvgIpc) is 3.44. The number of aromatic nitrogens is 1. The molecule has 5 rings (SSSR count). The largest absolute Gasteiger partial charge is 0.490 e. The smallest absolute Gasteiger partial charge is 0.343 e. The van der Waals surface area contributed by atoms with Crippen LogP contribution >= 0.6 is 11.6 Å². The zero-order chi connectivity index (χ0) is 32.6. The Kier molecular flexibility index (Phi) is 10.2. The van der Waals surface area contributed by atoms with E-state index in [4.69, 9.17) is 30.5 Å². The molecule has 1 heterocycles. The molecule has 2 N–H and O–H groups in total. The van der Waals surface area contributed by atoms with Gasteiger partial charge in [-0.3, -0.25) is 4.79 Å². The summed E-state index contributed by atoms with van der Waals surface area (Å²) in [5.41, 5.74) is 4.63. The third kappa shape index (κ3) is 6.97. The third-order valence-electron chi connectivity index (χ3n) is 6.78. The molecule has 0 saturated carbocycles. The van der Waals surface area contributed by atoms with Gasteiger partial charge in [0.15, 0.2) is 23.0 Å². The van der Waals surface area contributed by atoms with Crippen molar-refractivity contribution in [2.24, 2.45) is 5.10 Å². The van der Waals surface area contributed by atoms with E-state index < -0.39 is 17.7 Å². The highest BCUT2D eigenvalue weighted by Crippen LogP contribution is 2.37. The molecule has 0 fully saturated rings. The van der Waals surface area contributed by atoms with Crippen molar-refractivity contribution < 1.29 is 32.9 Å². The number of hydrogen-bond acceptors (Lipinski definition) is 7. The van der Waals surface area contributed by atoms with Crippen LogP contribution in [0.15, 0.2) is 84.0 Å². The average molecular weight is 644 g/mol. The molecule has 1 aromatic heterocycles. The van der Waals surface area contributed by atoms with Gasteiger partial charge < -0.3 is 23.9 Å². The van der Waals surface area contributed by atoms with Gasteiger partial charge in [-0.1, -0.05) is 41.9 Å². The molecule has 0 unspecified atom stereocenters. The van der Waals surface area contributed by atoms with Crippen LogP contribution in [0.2, 0.25) is 5.02 Å². The second-order valence-corrected chi connectivity index (χ2v) is 10.2.